The van der Waals surface area contributed by atoms with Crippen molar-refractivity contribution in [3.8, 4) is 0 Å². The third-order valence-electron chi connectivity index (χ3n) is 2.28. The Hall–Kier alpha value is -2.21. The Labute approximate surface area is 98.5 Å². The van der Waals surface area contributed by atoms with Crippen LogP contribution in [0.15, 0.2) is 36.9 Å². The molecule has 0 spiro atoms. The Morgan fingerprint density at radius 1 is 1.41 bits per heavy atom. The first-order valence-electron chi connectivity index (χ1n) is 5.20. The molecule has 0 bridgehead atoms. The highest BCUT2D eigenvalue weighted by molar-refractivity contribution is 5.91. The smallest absolute Gasteiger partial charge is 0.246 e. The summed E-state index contributed by atoms with van der Waals surface area (Å²) < 4.78 is 1.46. The lowest BCUT2D eigenvalue weighted by molar-refractivity contribution is -0.116. The van der Waals surface area contributed by atoms with Gasteiger partial charge in [0.2, 0.25) is 5.91 Å². The number of anilines is 1. The van der Waals surface area contributed by atoms with Crippen LogP contribution >= 0.6 is 0 Å². The van der Waals surface area contributed by atoms with E-state index in [-0.39, 0.29) is 12.5 Å². The van der Waals surface area contributed by atoms with Crippen molar-refractivity contribution in [2.45, 2.75) is 13.1 Å². The molecule has 1 heterocycles. The SMILES string of the molecule is NCc1ccccc1NC(=O)Cn1cncn1. The van der Waals surface area contributed by atoms with Gasteiger partial charge >= 0.3 is 0 Å². The number of nitrogens with two attached hydrogens (primary N) is 1. The summed E-state index contributed by atoms with van der Waals surface area (Å²) >= 11 is 0. The second kappa shape index (κ2) is 5.22. The number of para-hydroxylation sites is 1. The zero-order chi connectivity index (χ0) is 12.1. The first-order valence-corrected chi connectivity index (χ1v) is 5.20. The molecule has 2 aromatic rings. The summed E-state index contributed by atoms with van der Waals surface area (Å²) in [4.78, 5) is 15.5. The van der Waals surface area contributed by atoms with Gasteiger partial charge in [-0.25, -0.2) is 9.67 Å². The zero-order valence-electron chi connectivity index (χ0n) is 9.21. The Bertz CT molecular complexity index is 494. The average Bonchev–Trinajstić information content (AvgIpc) is 2.82. The Morgan fingerprint density at radius 3 is 2.94 bits per heavy atom. The molecule has 0 fully saturated rings. The van der Waals surface area contributed by atoms with E-state index in [0.717, 1.165) is 11.3 Å². The molecule has 2 rings (SSSR count). The van der Waals surface area contributed by atoms with Crippen molar-refractivity contribution in [3.05, 3.63) is 42.5 Å². The number of benzene rings is 1. The summed E-state index contributed by atoms with van der Waals surface area (Å²) in [6.45, 7) is 0.526. The molecule has 0 aliphatic rings. The Balaban J connectivity index is 2.03. The van der Waals surface area contributed by atoms with Gasteiger partial charge in [0.05, 0.1) is 0 Å². The Kier molecular flexibility index (Phi) is 3.46. The largest absolute Gasteiger partial charge is 0.326 e. The van der Waals surface area contributed by atoms with Crippen molar-refractivity contribution < 1.29 is 4.79 Å². The predicted octanol–water partition coefficient (Wildman–Crippen LogP) is 0.375. The molecule has 6 nitrogen and oxygen atoms in total. The van der Waals surface area contributed by atoms with E-state index in [4.69, 9.17) is 5.73 Å². The van der Waals surface area contributed by atoms with E-state index in [1.165, 1.54) is 17.3 Å². The minimum atomic E-state index is -0.156. The summed E-state index contributed by atoms with van der Waals surface area (Å²) in [5, 5.41) is 6.65. The molecule has 1 aromatic heterocycles. The van der Waals surface area contributed by atoms with Crippen molar-refractivity contribution in [1.82, 2.24) is 14.8 Å². The van der Waals surface area contributed by atoms with Gasteiger partial charge in [-0.05, 0) is 11.6 Å². The van der Waals surface area contributed by atoms with Crippen molar-refractivity contribution in [1.29, 1.82) is 0 Å². The maximum Gasteiger partial charge on any atom is 0.246 e. The van der Waals surface area contributed by atoms with Crippen LogP contribution in [0.1, 0.15) is 5.56 Å². The van der Waals surface area contributed by atoms with E-state index < -0.39 is 0 Å². The number of carbonyl (C=O) groups is 1. The van der Waals surface area contributed by atoms with E-state index in [1.807, 2.05) is 24.3 Å². The second-order valence-corrected chi connectivity index (χ2v) is 3.50. The van der Waals surface area contributed by atoms with Gasteiger partial charge in [-0.2, -0.15) is 5.10 Å². The predicted molar refractivity (Wildman–Crippen MR) is 63.0 cm³/mol. The molecule has 0 saturated carbocycles. The monoisotopic (exact) mass is 231 g/mol. The maximum absolute atomic E-state index is 11.7. The lowest BCUT2D eigenvalue weighted by atomic mass is 10.2. The molecule has 1 aromatic carbocycles. The van der Waals surface area contributed by atoms with Crippen LogP contribution in [0.5, 0.6) is 0 Å². The lowest BCUT2D eigenvalue weighted by Gasteiger charge is -2.09. The van der Waals surface area contributed by atoms with Gasteiger partial charge in [-0.1, -0.05) is 18.2 Å². The number of nitrogens with one attached hydrogen (secondary N) is 1. The van der Waals surface area contributed by atoms with Crippen molar-refractivity contribution >= 4 is 11.6 Å². The molecule has 0 aliphatic heterocycles. The highest BCUT2D eigenvalue weighted by Gasteiger charge is 2.06. The Morgan fingerprint density at radius 2 is 2.24 bits per heavy atom. The van der Waals surface area contributed by atoms with Crippen molar-refractivity contribution in [2.24, 2.45) is 5.73 Å². The number of carbonyl (C=O) groups excluding carboxylic acids is 1. The molecular formula is C11H13N5O. The standard InChI is InChI=1S/C11H13N5O/c12-5-9-3-1-2-4-10(9)15-11(17)6-16-8-13-7-14-16/h1-4,7-8H,5-6,12H2,(H,15,17). The molecule has 1 amide bonds. The first-order chi connectivity index (χ1) is 8.29. The minimum absolute atomic E-state index is 0.138. The van der Waals surface area contributed by atoms with Gasteiger partial charge < -0.3 is 11.1 Å². The van der Waals surface area contributed by atoms with Gasteiger partial charge in [0.1, 0.15) is 19.2 Å². The van der Waals surface area contributed by atoms with Crippen LogP contribution in [0.3, 0.4) is 0 Å². The summed E-state index contributed by atoms with van der Waals surface area (Å²) in [5.74, 6) is -0.156. The lowest BCUT2D eigenvalue weighted by Crippen LogP contribution is -2.20. The van der Waals surface area contributed by atoms with Crippen LogP contribution in [-0.2, 0) is 17.9 Å². The maximum atomic E-state index is 11.7. The molecule has 6 heteroatoms. The molecule has 3 N–H and O–H groups in total. The van der Waals surface area contributed by atoms with Crippen molar-refractivity contribution in [3.63, 3.8) is 0 Å². The van der Waals surface area contributed by atoms with Gasteiger partial charge in [0, 0.05) is 12.2 Å². The van der Waals surface area contributed by atoms with E-state index in [2.05, 4.69) is 15.4 Å². The molecule has 0 saturated heterocycles. The highest BCUT2D eigenvalue weighted by atomic mass is 16.2. The third-order valence-corrected chi connectivity index (χ3v) is 2.28. The van der Waals surface area contributed by atoms with Crippen LogP contribution in [-0.4, -0.2) is 20.7 Å². The van der Waals surface area contributed by atoms with E-state index in [1.54, 1.807) is 0 Å². The normalized spacial score (nSPS) is 10.2. The fraction of sp³-hybridized carbons (Fsp3) is 0.182. The number of nitrogens with zero attached hydrogens (tertiary/aromatic N) is 3. The fourth-order valence-electron chi connectivity index (χ4n) is 1.47. The quantitative estimate of drug-likeness (QED) is 0.796. The van der Waals surface area contributed by atoms with Gasteiger partial charge in [0.25, 0.3) is 0 Å². The third kappa shape index (κ3) is 2.88. The van der Waals surface area contributed by atoms with Crippen LogP contribution in [0.2, 0.25) is 0 Å². The molecule has 0 unspecified atom stereocenters. The van der Waals surface area contributed by atoms with Gasteiger partial charge in [-0.15, -0.1) is 0 Å². The van der Waals surface area contributed by atoms with E-state index >= 15 is 0 Å². The molecule has 17 heavy (non-hydrogen) atoms. The number of hydrogen-bond acceptors (Lipinski definition) is 4. The summed E-state index contributed by atoms with van der Waals surface area (Å²) in [6, 6.07) is 7.44. The molecule has 0 aliphatic carbocycles. The minimum Gasteiger partial charge on any atom is -0.326 e. The molecule has 0 atom stereocenters. The van der Waals surface area contributed by atoms with Crippen LogP contribution in [0.4, 0.5) is 5.69 Å². The van der Waals surface area contributed by atoms with Crippen LogP contribution < -0.4 is 11.1 Å². The number of aromatic nitrogens is 3. The summed E-state index contributed by atoms with van der Waals surface area (Å²) in [6.07, 6.45) is 2.88. The summed E-state index contributed by atoms with van der Waals surface area (Å²) in [5.41, 5.74) is 7.22. The van der Waals surface area contributed by atoms with E-state index in [9.17, 15) is 4.79 Å². The number of rotatable bonds is 4. The first kappa shape index (κ1) is 11.3. The van der Waals surface area contributed by atoms with Crippen molar-refractivity contribution in [2.75, 3.05) is 5.32 Å². The number of amides is 1. The number of hydrogen-bond donors (Lipinski definition) is 2. The van der Waals surface area contributed by atoms with Crippen LogP contribution in [0, 0.1) is 0 Å². The highest BCUT2D eigenvalue weighted by Crippen LogP contribution is 2.13. The van der Waals surface area contributed by atoms with Gasteiger partial charge in [0.15, 0.2) is 0 Å². The fourth-order valence-corrected chi connectivity index (χ4v) is 1.47. The average molecular weight is 231 g/mol. The van der Waals surface area contributed by atoms with Gasteiger partial charge in [-0.3, -0.25) is 4.79 Å². The molecule has 0 radical (unpaired) electrons. The topological polar surface area (TPSA) is 85.8 Å². The summed E-state index contributed by atoms with van der Waals surface area (Å²) in [7, 11) is 0. The van der Waals surface area contributed by atoms with Crippen LogP contribution in [0.25, 0.3) is 0 Å². The zero-order valence-corrected chi connectivity index (χ0v) is 9.21. The molecular weight excluding hydrogens is 218 g/mol. The van der Waals surface area contributed by atoms with E-state index in [0.29, 0.717) is 6.54 Å². The second-order valence-electron chi connectivity index (χ2n) is 3.50. The molecule has 88 valence electrons.